The minimum Gasteiger partial charge on any atom is -0.381 e. The first kappa shape index (κ1) is 47.6. The van der Waals surface area contributed by atoms with Crippen LogP contribution in [0.3, 0.4) is 0 Å². The molecule has 2 saturated heterocycles. The number of halogens is 1. The number of likely N-dealkylation sites (tertiary alicyclic amines) is 1. The summed E-state index contributed by atoms with van der Waals surface area (Å²) in [5.74, 6) is 0.662. The molecule has 14 heteroatoms. The van der Waals surface area contributed by atoms with E-state index in [1.807, 2.05) is 50.2 Å². The number of anilines is 3. The van der Waals surface area contributed by atoms with E-state index in [1.54, 1.807) is 37.3 Å². The van der Waals surface area contributed by atoms with Crippen LogP contribution in [-0.2, 0) is 11.3 Å². The lowest BCUT2D eigenvalue weighted by Gasteiger charge is -2.36. The van der Waals surface area contributed by atoms with Crippen LogP contribution in [-0.4, -0.2) is 96.5 Å². The van der Waals surface area contributed by atoms with Gasteiger partial charge in [-0.05, 0) is 115 Å². The topological polar surface area (TPSA) is 112 Å². The number of ether oxygens (including phenoxy) is 1. The van der Waals surface area contributed by atoms with Crippen LogP contribution < -0.4 is 14.9 Å². The van der Waals surface area contributed by atoms with E-state index in [0.29, 0.717) is 24.2 Å². The molecular weight excluding hydrogens is 848 g/mol. The number of benzene rings is 5. The predicted molar refractivity (Wildman–Crippen MR) is 266 cm³/mol. The lowest BCUT2D eigenvalue weighted by molar-refractivity contribution is -0.384. The van der Waals surface area contributed by atoms with Gasteiger partial charge < -0.3 is 24.6 Å². The van der Waals surface area contributed by atoms with Crippen LogP contribution >= 0.6 is 35.3 Å². The van der Waals surface area contributed by atoms with Gasteiger partial charge in [0.1, 0.15) is 17.8 Å². The van der Waals surface area contributed by atoms with Crippen molar-refractivity contribution in [1.29, 1.82) is 0 Å². The van der Waals surface area contributed by atoms with Gasteiger partial charge in [0.05, 0.1) is 16.5 Å². The smallest absolute Gasteiger partial charge is 0.293 e. The summed E-state index contributed by atoms with van der Waals surface area (Å²) in [7, 11) is 1.78. The van der Waals surface area contributed by atoms with E-state index in [-0.39, 0.29) is 10.6 Å². The molecule has 5 aromatic carbocycles. The van der Waals surface area contributed by atoms with Crippen LogP contribution in [0.2, 0.25) is 5.02 Å². The Morgan fingerprint density at radius 2 is 1.56 bits per heavy atom. The summed E-state index contributed by atoms with van der Waals surface area (Å²) in [5, 5.41) is 16.9. The molecule has 0 amide bonds. The number of hydrogen-bond acceptors (Lipinski definition) is 12. The molecule has 0 bridgehead atoms. The van der Waals surface area contributed by atoms with Crippen LogP contribution in [0.25, 0.3) is 22.0 Å². The highest BCUT2D eigenvalue weighted by Crippen LogP contribution is 2.33. The van der Waals surface area contributed by atoms with Crippen molar-refractivity contribution in [3.63, 3.8) is 0 Å². The molecule has 0 unspecified atom stereocenters. The maximum absolute atomic E-state index is 12.0. The fourth-order valence-corrected chi connectivity index (χ4v) is 8.97. The van der Waals surface area contributed by atoms with E-state index in [1.165, 1.54) is 33.5 Å². The molecule has 332 valence electrons. The fraction of sp³-hybridized carbons (Fsp3) is 0.347. The molecule has 0 radical (unpaired) electrons. The molecular formula is C49H59ClN8O3S2. The molecule has 2 N–H and O–H groups in total. The zero-order valence-electron chi connectivity index (χ0n) is 36.7. The van der Waals surface area contributed by atoms with Crippen molar-refractivity contribution in [2.75, 3.05) is 80.7 Å². The molecule has 6 aromatic rings. The van der Waals surface area contributed by atoms with Crippen molar-refractivity contribution in [3.05, 3.63) is 142 Å². The van der Waals surface area contributed by atoms with Gasteiger partial charge in [0.25, 0.3) is 5.69 Å². The molecule has 2 aliphatic heterocycles. The number of hydrogen-bond donors (Lipinski definition) is 2. The first-order valence-electron chi connectivity index (χ1n) is 21.7. The van der Waals surface area contributed by atoms with Crippen molar-refractivity contribution >= 4 is 69.1 Å². The highest BCUT2D eigenvalue weighted by molar-refractivity contribution is 8.00. The van der Waals surface area contributed by atoms with Gasteiger partial charge in [-0.1, -0.05) is 80.0 Å². The van der Waals surface area contributed by atoms with Gasteiger partial charge in [-0.15, -0.1) is 11.8 Å². The number of piperazine rings is 1. The largest absolute Gasteiger partial charge is 0.381 e. The summed E-state index contributed by atoms with van der Waals surface area (Å²) < 4.78 is 8.78. The lowest BCUT2D eigenvalue weighted by Crippen LogP contribution is -2.46. The molecule has 1 aromatic heterocycles. The number of aromatic nitrogens is 2. The summed E-state index contributed by atoms with van der Waals surface area (Å²) in [6, 6.07) is 38.6. The average molecular weight is 908 g/mol. The number of nitro benzene ring substituents is 1. The normalized spacial score (nSPS) is 14.6. The third-order valence-electron chi connectivity index (χ3n) is 11.2. The SMILES string of the molecule is CC.COC1CCN(CCCNc2ccc(SNc3ncnc4cc(N5CCN(Cc6ccccc6-c6ccc(Cl)cc6)CC5)ccc34)cc2[N+](=O)[O-])CC1.CSc1ccccc1. The first-order chi connectivity index (χ1) is 30.9. The Morgan fingerprint density at radius 3 is 2.25 bits per heavy atom. The third-order valence-corrected chi connectivity index (χ3v) is 12.9. The molecule has 11 nitrogen and oxygen atoms in total. The number of rotatable bonds is 15. The summed E-state index contributed by atoms with van der Waals surface area (Å²) in [6.07, 6.45) is 7.01. The Balaban J connectivity index is 0.000000589. The van der Waals surface area contributed by atoms with Gasteiger partial charge in [-0.3, -0.25) is 15.0 Å². The zero-order chi connectivity index (χ0) is 44.4. The molecule has 2 aliphatic rings. The number of piperidine rings is 1. The minimum absolute atomic E-state index is 0.0563. The van der Waals surface area contributed by atoms with Gasteiger partial charge >= 0.3 is 0 Å². The van der Waals surface area contributed by atoms with Crippen molar-refractivity contribution < 1.29 is 9.66 Å². The highest BCUT2D eigenvalue weighted by Gasteiger charge is 2.21. The van der Waals surface area contributed by atoms with E-state index >= 15 is 0 Å². The fourth-order valence-electron chi connectivity index (χ4n) is 7.73. The molecule has 2 fully saturated rings. The summed E-state index contributed by atoms with van der Waals surface area (Å²) in [6.45, 7) is 12.3. The highest BCUT2D eigenvalue weighted by atomic mass is 35.5. The van der Waals surface area contributed by atoms with Crippen molar-refractivity contribution in [3.8, 4) is 11.1 Å². The lowest BCUT2D eigenvalue weighted by atomic mass is 9.99. The molecule has 63 heavy (non-hydrogen) atoms. The van der Waals surface area contributed by atoms with Gasteiger partial charge in [0.2, 0.25) is 0 Å². The van der Waals surface area contributed by atoms with Gasteiger partial charge in [-0.25, -0.2) is 9.97 Å². The maximum atomic E-state index is 12.0. The van der Waals surface area contributed by atoms with Crippen LogP contribution in [0.15, 0.2) is 131 Å². The third kappa shape index (κ3) is 13.8. The number of thioether (sulfide) groups is 1. The quantitative estimate of drug-likeness (QED) is 0.0336. The Hall–Kier alpha value is -4.89. The number of nitro groups is 1. The molecule has 0 atom stereocenters. The van der Waals surface area contributed by atoms with E-state index in [0.717, 1.165) is 98.1 Å². The van der Waals surface area contributed by atoms with Crippen molar-refractivity contribution in [2.24, 2.45) is 0 Å². The number of nitrogens with zero attached hydrogens (tertiary/aromatic N) is 6. The van der Waals surface area contributed by atoms with E-state index in [4.69, 9.17) is 16.3 Å². The van der Waals surface area contributed by atoms with Crippen LogP contribution in [0.4, 0.5) is 22.9 Å². The Bertz CT molecular complexity index is 2330. The number of nitrogens with one attached hydrogen (secondary N) is 2. The van der Waals surface area contributed by atoms with Crippen LogP contribution in [0.5, 0.6) is 0 Å². The summed E-state index contributed by atoms with van der Waals surface area (Å²) in [4.78, 5) is 30.1. The Labute approximate surface area is 386 Å². The predicted octanol–water partition coefficient (Wildman–Crippen LogP) is 11.6. The second kappa shape index (κ2) is 24.8. The minimum atomic E-state index is -0.330. The standard InChI is InChI=1S/C40H45ClN8O3S.C7H8S.C2H6/c1-52-33-15-19-46(20-16-33)18-4-17-42-37-14-12-34(26-39(37)49(50)51)53-45-40-36-13-11-32(25-38(36)43-28-44-40)48-23-21-47(22-24-48)27-30-5-2-3-6-35(30)29-7-9-31(41)10-8-29;1-8-7-5-3-2-4-6-7;1-2/h2-3,5-14,25-26,28,33,42H,4,15-24,27H2,1H3,(H,43,44,45);2-6H,1H3;1-2H3. The van der Waals surface area contributed by atoms with Gasteiger partial charge in [0.15, 0.2) is 0 Å². The second-order valence-electron chi connectivity index (χ2n) is 15.1. The Kier molecular flexibility index (Phi) is 18.7. The molecule has 3 heterocycles. The van der Waals surface area contributed by atoms with Crippen LogP contribution in [0, 0.1) is 10.1 Å². The zero-order valence-corrected chi connectivity index (χ0v) is 39.1. The average Bonchev–Trinajstić information content (AvgIpc) is 3.34. The van der Waals surface area contributed by atoms with E-state index in [9.17, 15) is 10.1 Å². The molecule has 8 rings (SSSR count). The maximum Gasteiger partial charge on any atom is 0.293 e. The summed E-state index contributed by atoms with van der Waals surface area (Å²) in [5.41, 5.74) is 6.29. The Morgan fingerprint density at radius 1 is 0.825 bits per heavy atom. The van der Waals surface area contributed by atoms with Gasteiger partial charge in [-0.2, -0.15) is 0 Å². The van der Waals surface area contributed by atoms with Gasteiger partial charge in [0, 0.05) is 91.4 Å². The summed E-state index contributed by atoms with van der Waals surface area (Å²) >= 11 is 9.21. The molecule has 0 saturated carbocycles. The first-order valence-corrected chi connectivity index (χ1v) is 24.1. The van der Waals surface area contributed by atoms with E-state index < -0.39 is 0 Å². The number of methoxy groups -OCH3 is 1. The van der Waals surface area contributed by atoms with Crippen molar-refractivity contribution in [1.82, 2.24) is 19.8 Å². The second-order valence-corrected chi connectivity index (χ2v) is 17.3. The molecule has 0 spiro atoms. The molecule has 0 aliphatic carbocycles. The van der Waals surface area contributed by atoms with E-state index in [2.05, 4.69) is 108 Å². The monoisotopic (exact) mass is 906 g/mol. The van der Waals surface area contributed by atoms with Crippen molar-refractivity contribution in [2.45, 2.75) is 55.5 Å². The van der Waals surface area contributed by atoms with Crippen LogP contribution in [0.1, 0.15) is 38.7 Å². The number of fused-ring (bicyclic) bond motifs is 1.